The van der Waals surface area contributed by atoms with Crippen molar-refractivity contribution in [3.8, 4) is 12.3 Å². The van der Waals surface area contributed by atoms with E-state index in [4.69, 9.17) is 5.39 Å². The molecule has 9 nitrogen and oxygen atoms in total. The second kappa shape index (κ2) is 13.5. The first-order valence-corrected chi connectivity index (χ1v) is 5.95. The van der Waals surface area contributed by atoms with Gasteiger partial charge in [0, 0.05) is 20.3 Å². The molecule has 2 aromatic rings. The van der Waals surface area contributed by atoms with Gasteiger partial charge in [0.15, 0.2) is 0 Å². The van der Waals surface area contributed by atoms with Crippen molar-refractivity contribution in [2.24, 2.45) is 14.1 Å². The lowest BCUT2D eigenvalue weighted by molar-refractivity contribution is 0.696. The summed E-state index contributed by atoms with van der Waals surface area (Å²) in [6.45, 7) is 5.52. The molecule has 0 fully saturated rings. The molecule has 0 aliphatic carbocycles. The molecule has 0 radical (unpaired) electrons. The van der Waals surface area contributed by atoms with Crippen LogP contribution >= 0.6 is 0 Å². The van der Waals surface area contributed by atoms with Gasteiger partial charge in [-0.2, -0.15) is 0 Å². The zero-order valence-electron chi connectivity index (χ0n) is 13.3. The fourth-order valence-corrected chi connectivity index (χ4v) is 0.804. The maximum atomic E-state index is 7.39. The predicted molar refractivity (Wildman–Crippen MR) is 80.1 cm³/mol. The van der Waals surface area contributed by atoms with Crippen molar-refractivity contribution >= 4 is 0 Å². The minimum atomic E-state index is 0.961. The predicted octanol–water partition coefficient (Wildman–Crippen LogP) is 0.860. The lowest BCUT2D eigenvalue weighted by atomic mass is 10.6. The number of hydrogen-bond donors (Lipinski definition) is 1. The quantitative estimate of drug-likeness (QED) is 0.439. The van der Waals surface area contributed by atoms with E-state index in [1.807, 2.05) is 34.1 Å². The van der Waals surface area contributed by atoms with Crippen molar-refractivity contribution in [3.05, 3.63) is 28.9 Å². The molecule has 9 heteroatoms. The number of hydrogen-bond acceptors (Lipinski definition) is 6. The first kappa shape index (κ1) is 20.4. The number of terminal acetylenes is 1. The Bertz CT molecular complexity index is 523. The fourth-order valence-electron chi connectivity index (χ4n) is 0.804. The minimum absolute atomic E-state index is 0.961. The van der Waals surface area contributed by atoms with E-state index in [0.717, 1.165) is 11.4 Å². The number of rotatable bonds is 0. The second-order valence-corrected chi connectivity index (χ2v) is 3.64. The van der Waals surface area contributed by atoms with Gasteiger partial charge in [0.05, 0.1) is 24.6 Å². The summed E-state index contributed by atoms with van der Waals surface area (Å²) in [6.07, 6.45) is 8.18. The Morgan fingerprint density at radius 1 is 1.33 bits per heavy atom. The first-order chi connectivity index (χ1) is 9.92. The molecule has 0 saturated heterocycles. The third kappa shape index (κ3) is 13.3. The van der Waals surface area contributed by atoms with Crippen LogP contribution in [0.5, 0.6) is 0 Å². The monoisotopic (exact) mass is 292 g/mol. The molecular formula is C12H22N9+. The van der Waals surface area contributed by atoms with Crippen LogP contribution in [0.3, 0.4) is 0 Å². The Hall–Kier alpha value is -2.94. The van der Waals surface area contributed by atoms with Gasteiger partial charge in [0.1, 0.15) is 0 Å². The van der Waals surface area contributed by atoms with E-state index in [-0.39, 0.29) is 0 Å². The van der Waals surface area contributed by atoms with Gasteiger partial charge in [-0.05, 0) is 26.2 Å². The third-order valence-electron chi connectivity index (χ3n) is 1.76. The highest BCUT2D eigenvalue weighted by Gasteiger charge is 1.85. The van der Waals surface area contributed by atoms with Crippen molar-refractivity contribution in [2.45, 2.75) is 20.8 Å². The summed E-state index contributed by atoms with van der Waals surface area (Å²) >= 11 is 0. The minimum Gasteiger partial charge on any atom is -0.255 e. The largest absolute Gasteiger partial charge is 0.302 e. The molecule has 0 aliphatic rings. The Labute approximate surface area is 124 Å². The zero-order valence-corrected chi connectivity index (χ0v) is 13.3. The van der Waals surface area contributed by atoms with E-state index in [1.54, 1.807) is 22.5 Å². The fraction of sp³-hybridized carbons (Fsp3) is 0.500. The van der Waals surface area contributed by atoms with Gasteiger partial charge in [-0.3, -0.25) is 9.36 Å². The molecule has 114 valence electrons. The molecule has 0 amide bonds. The van der Waals surface area contributed by atoms with Crippen molar-refractivity contribution in [1.29, 1.82) is 5.39 Å². The molecule has 21 heavy (non-hydrogen) atoms. The van der Waals surface area contributed by atoms with Crippen LogP contribution in [-0.2, 0) is 14.1 Å². The molecule has 0 bridgehead atoms. The summed E-state index contributed by atoms with van der Waals surface area (Å²) in [4.78, 5) is 0. The van der Waals surface area contributed by atoms with Crippen LogP contribution in [-0.4, -0.2) is 37.0 Å². The van der Waals surface area contributed by atoms with E-state index >= 15 is 0 Å². The van der Waals surface area contributed by atoms with Crippen LogP contribution in [0.4, 0.5) is 0 Å². The Kier molecular flexibility index (Phi) is 13.1. The molecule has 0 saturated carbocycles. The number of diazo groups is 1. The average Bonchev–Trinajstić information content (AvgIpc) is 3.00. The van der Waals surface area contributed by atoms with Gasteiger partial charge < -0.3 is 0 Å². The highest BCUT2D eigenvalue weighted by Crippen LogP contribution is 1.84. The lowest BCUT2D eigenvalue weighted by Crippen LogP contribution is -1.91. The molecule has 0 atom stereocenters. The summed E-state index contributed by atoms with van der Waals surface area (Å²) in [5.41, 5.74) is 4.16. The third-order valence-corrected chi connectivity index (χ3v) is 1.76. The average molecular weight is 292 g/mol. The van der Waals surface area contributed by atoms with Gasteiger partial charge in [-0.25, -0.2) is 0 Å². The molecule has 0 spiro atoms. The smallest absolute Gasteiger partial charge is 0.255 e. The zero-order chi connectivity index (χ0) is 16.7. The highest BCUT2D eigenvalue weighted by atomic mass is 15.4. The first-order valence-electron chi connectivity index (χ1n) is 5.95. The summed E-state index contributed by atoms with van der Waals surface area (Å²) in [5, 5.41) is 24.6. The van der Waals surface area contributed by atoms with Crippen molar-refractivity contribution in [3.63, 3.8) is 0 Å². The van der Waals surface area contributed by atoms with Gasteiger partial charge in [0.25, 0.3) is 5.39 Å². The normalized spacial score (nSPS) is 7.43. The molecule has 0 unspecified atom stereocenters. The molecular weight excluding hydrogens is 270 g/mol. The second-order valence-electron chi connectivity index (χ2n) is 3.64. The van der Waals surface area contributed by atoms with Crippen molar-refractivity contribution < 1.29 is 0 Å². The highest BCUT2D eigenvalue weighted by molar-refractivity contribution is 4.86. The molecule has 0 aromatic carbocycles. The topological polar surface area (TPSA) is 102 Å². The summed E-state index contributed by atoms with van der Waals surface area (Å²) in [6, 6.07) is 0. The Balaban J connectivity index is 0. The summed E-state index contributed by atoms with van der Waals surface area (Å²) in [7, 11) is 5.22. The lowest BCUT2D eigenvalue weighted by Gasteiger charge is -1.84. The van der Waals surface area contributed by atoms with Gasteiger partial charge in [0.2, 0.25) is 0 Å². The maximum absolute atomic E-state index is 7.39. The van der Waals surface area contributed by atoms with E-state index < -0.39 is 0 Å². The van der Waals surface area contributed by atoms with Crippen molar-refractivity contribution in [2.75, 3.05) is 7.05 Å². The van der Waals surface area contributed by atoms with Gasteiger partial charge in [-0.15, -0.1) is 22.5 Å². The Morgan fingerprint density at radius 3 is 1.95 bits per heavy atom. The van der Waals surface area contributed by atoms with Crippen LogP contribution in [0.1, 0.15) is 18.3 Å². The number of aryl methyl sites for hydroxylation is 4. The summed E-state index contributed by atoms with van der Waals surface area (Å²) in [5.74, 6) is 2.25. The van der Waals surface area contributed by atoms with Crippen LogP contribution in [0.25, 0.3) is 5.08 Å². The van der Waals surface area contributed by atoms with Crippen LogP contribution < -0.4 is 5.43 Å². The Morgan fingerprint density at radius 2 is 1.86 bits per heavy atom. The molecule has 1 N–H and O–H groups in total. The van der Waals surface area contributed by atoms with Crippen molar-refractivity contribution in [1.82, 2.24) is 35.4 Å². The van der Waals surface area contributed by atoms with E-state index in [0.29, 0.717) is 0 Å². The molecule has 2 heterocycles. The number of nitrogens with one attached hydrogen (secondary N) is 1. The van der Waals surface area contributed by atoms with E-state index in [2.05, 4.69) is 43.5 Å². The van der Waals surface area contributed by atoms with Gasteiger partial charge >= 0.3 is 5.08 Å². The van der Waals surface area contributed by atoms with E-state index in [9.17, 15) is 0 Å². The molecule has 2 rings (SSSR count). The number of nitrogens with zero attached hydrogens (tertiary/aromatic N) is 8. The van der Waals surface area contributed by atoms with Crippen LogP contribution in [0, 0.1) is 31.6 Å². The van der Waals surface area contributed by atoms with Crippen LogP contribution in [0.15, 0.2) is 12.4 Å². The molecule has 2 aromatic heterocycles. The maximum Gasteiger partial charge on any atom is 0.302 e. The molecule has 0 aliphatic heterocycles. The summed E-state index contributed by atoms with van der Waals surface area (Å²) < 4.78 is 3.40. The standard InChI is InChI=1S/2C4H7N3.C3H4.CH4N3/c1-4-3-7(2)6-5-4;1-4-3-5-6-7(4)2;1-3-2;1-3-4-2/h2*3H,1-2H3;1H,2H3;3H,1H3/q;;;+1. The SMILES string of the molecule is C#CC.CN[N+]#N.Cc1cn(C)nn1.Cc1cnnn1C. The number of aromatic nitrogens is 6. The van der Waals surface area contributed by atoms with Crippen LogP contribution in [0.2, 0.25) is 0 Å². The van der Waals surface area contributed by atoms with Gasteiger partial charge in [-0.1, -0.05) is 10.4 Å². The van der Waals surface area contributed by atoms with E-state index in [1.165, 1.54) is 7.05 Å².